The molecule has 0 aromatic heterocycles. The number of carbonyl (C=O) groups excluding carboxylic acids is 1. The molecular formula is C23H48N4O4. The van der Waals surface area contributed by atoms with Gasteiger partial charge < -0.3 is 27.0 Å². The van der Waals surface area contributed by atoms with Gasteiger partial charge in [0.15, 0.2) is 0 Å². The van der Waals surface area contributed by atoms with Crippen LogP contribution in [-0.2, 0) is 9.59 Å². The molecule has 0 aliphatic rings. The summed E-state index contributed by atoms with van der Waals surface area (Å²) in [6.45, 7) is 7.69. The molecule has 3 unspecified atom stereocenters. The zero-order valence-electron chi connectivity index (χ0n) is 19.9. The number of aliphatic carboxylic acids is 1. The first-order chi connectivity index (χ1) is 14.7. The van der Waals surface area contributed by atoms with Gasteiger partial charge in [0.05, 0.1) is 12.3 Å². The molecule has 0 rings (SSSR count). The van der Waals surface area contributed by atoms with E-state index in [1.54, 1.807) is 0 Å². The van der Waals surface area contributed by atoms with Gasteiger partial charge in [-0.05, 0) is 24.7 Å². The van der Waals surface area contributed by atoms with Gasteiger partial charge in [0.2, 0.25) is 5.91 Å². The average Bonchev–Trinajstić information content (AvgIpc) is 2.72. The van der Waals surface area contributed by atoms with E-state index in [-0.39, 0.29) is 12.3 Å². The van der Waals surface area contributed by atoms with Crippen LogP contribution in [0.3, 0.4) is 0 Å². The fourth-order valence-corrected chi connectivity index (χ4v) is 3.72. The molecule has 0 spiro atoms. The molecule has 8 nitrogen and oxygen atoms in total. The van der Waals surface area contributed by atoms with Crippen molar-refractivity contribution in [1.29, 1.82) is 0 Å². The summed E-state index contributed by atoms with van der Waals surface area (Å²) < 4.78 is 0. The number of carboxylic acid groups (broad SMARTS) is 1. The molecule has 0 fully saturated rings. The Balaban J connectivity index is 3.93. The fourth-order valence-electron chi connectivity index (χ4n) is 3.72. The van der Waals surface area contributed by atoms with Crippen LogP contribution in [0.5, 0.6) is 0 Å². The Morgan fingerprint density at radius 2 is 1.58 bits per heavy atom. The van der Waals surface area contributed by atoms with Crippen molar-refractivity contribution in [3.63, 3.8) is 0 Å². The van der Waals surface area contributed by atoms with Gasteiger partial charge in [-0.2, -0.15) is 0 Å². The van der Waals surface area contributed by atoms with Crippen molar-refractivity contribution < 1.29 is 19.8 Å². The summed E-state index contributed by atoms with van der Waals surface area (Å²) in [5, 5.41) is 24.7. The van der Waals surface area contributed by atoms with Crippen molar-refractivity contribution in [2.45, 2.75) is 110 Å². The van der Waals surface area contributed by atoms with E-state index in [0.717, 1.165) is 31.1 Å². The standard InChI is InChI=1S/C23H48N4O4/c1-4-17(2)15-18(3)11-9-7-5-6-8-10-12-21(29)27-19(23(30)31)16-20(28)22(25)26-14-13-24/h17-20,22,26,28H,4-16,24-25H2,1-3H3,(H,27,29)(H,30,31)/t17?,18?,19-,20?,22-/m0/s1. The monoisotopic (exact) mass is 444 g/mol. The molecule has 5 atom stereocenters. The quantitative estimate of drug-likeness (QED) is 0.125. The summed E-state index contributed by atoms with van der Waals surface area (Å²) in [6.07, 6.45) is 8.58. The Morgan fingerprint density at radius 3 is 2.16 bits per heavy atom. The average molecular weight is 445 g/mol. The van der Waals surface area contributed by atoms with Crippen molar-refractivity contribution >= 4 is 11.9 Å². The minimum atomic E-state index is -1.18. The van der Waals surface area contributed by atoms with Gasteiger partial charge in [0, 0.05) is 25.9 Å². The van der Waals surface area contributed by atoms with Crippen LogP contribution in [0.4, 0.5) is 0 Å². The van der Waals surface area contributed by atoms with E-state index in [4.69, 9.17) is 11.5 Å². The Labute approximate surface area is 188 Å². The Kier molecular flexibility index (Phi) is 17.6. The third-order valence-electron chi connectivity index (χ3n) is 5.90. The molecule has 0 bridgehead atoms. The first kappa shape index (κ1) is 29.8. The highest BCUT2D eigenvalue weighted by Crippen LogP contribution is 2.20. The highest BCUT2D eigenvalue weighted by molar-refractivity contribution is 5.83. The number of carboxylic acids is 1. The molecular weight excluding hydrogens is 396 g/mol. The van der Waals surface area contributed by atoms with E-state index in [1.165, 1.54) is 38.5 Å². The fraction of sp³-hybridized carbons (Fsp3) is 0.913. The number of unbranched alkanes of at least 4 members (excludes halogenated alkanes) is 5. The van der Waals surface area contributed by atoms with Gasteiger partial charge in [0.1, 0.15) is 6.04 Å². The van der Waals surface area contributed by atoms with Crippen LogP contribution in [-0.4, -0.2) is 53.5 Å². The van der Waals surface area contributed by atoms with Crippen molar-refractivity contribution in [2.75, 3.05) is 13.1 Å². The number of hydrogen-bond acceptors (Lipinski definition) is 6. The molecule has 0 heterocycles. The summed E-state index contributed by atoms with van der Waals surface area (Å²) in [7, 11) is 0. The van der Waals surface area contributed by atoms with E-state index in [9.17, 15) is 19.8 Å². The molecule has 0 aromatic rings. The van der Waals surface area contributed by atoms with Crippen LogP contribution in [0.1, 0.15) is 91.4 Å². The van der Waals surface area contributed by atoms with Gasteiger partial charge in [-0.1, -0.05) is 65.7 Å². The Morgan fingerprint density at radius 1 is 0.968 bits per heavy atom. The van der Waals surface area contributed by atoms with Crippen LogP contribution >= 0.6 is 0 Å². The molecule has 0 saturated carbocycles. The Bertz CT molecular complexity index is 478. The van der Waals surface area contributed by atoms with Gasteiger partial charge in [0.25, 0.3) is 0 Å². The third kappa shape index (κ3) is 16.1. The van der Waals surface area contributed by atoms with Crippen molar-refractivity contribution in [2.24, 2.45) is 23.3 Å². The number of aliphatic hydroxyl groups is 1. The second kappa shape index (κ2) is 18.4. The van der Waals surface area contributed by atoms with Crippen LogP contribution in [0, 0.1) is 11.8 Å². The van der Waals surface area contributed by atoms with Gasteiger partial charge in [-0.3, -0.25) is 10.1 Å². The number of amides is 1. The lowest BCUT2D eigenvalue weighted by atomic mass is 9.91. The number of nitrogens with two attached hydrogens (primary N) is 2. The third-order valence-corrected chi connectivity index (χ3v) is 5.90. The van der Waals surface area contributed by atoms with Crippen LogP contribution < -0.4 is 22.1 Å². The lowest BCUT2D eigenvalue weighted by Gasteiger charge is -2.23. The van der Waals surface area contributed by atoms with Crippen molar-refractivity contribution in [3.05, 3.63) is 0 Å². The van der Waals surface area contributed by atoms with Crippen LogP contribution in [0.25, 0.3) is 0 Å². The zero-order chi connectivity index (χ0) is 23.6. The first-order valence-electron chi connectivity index (χ1n) is 12.1. The van der Waals surface area contributed by atoms with Crippen molar-refractivity contribution in [3.8, 4) is 0 Å². The summed E-state index contributed by atoms with van der Waals surface area (Å²) in [4.78, 5) is 23.5. The second-order valence-corrected chi connectivity index (χ2v) is 9.04. The Hall–Kier alpha value is -1.22. The normalized spacial score (nSPS) is 16.3. The predicted octanol–water partition coefficient (Wildman–Crippen LogP) is 2.33. The summed E-state index contributed by atoms with van der Waals surface area (Å²) >= 11 is 0. The predicted molar refractivity (Wildman–Crippen MR) is 125 cm³/mol. The van der Waals surface area contributed by atoms with Crippen molar-refractivity contribution in [1.82, 2.24) is 10.6 Å². The molecule has 8 N–H and O–H groups in total. The molecule has 0 aliphatic heterocycles. The maximum Gasteiger partial charge on any atom is 0.326 e. The molecule has 0 aliphatic carbocycles. The van der Waals surface area contributed by atoms with E-state index < -0.39 is 24.3 Å². The van der Waals surface area contributed by atoms with Gasteiger partial charge in [-0.15, -0.1) is 0 Å². The highest BCUT2D eigenvalue weighted by atomic mass is 16.4. The maximum atomic E-state index is 12.1. The van der Waals surface area contributed by atoms with Gasteiger partial charge >= 0.3 is 5.97 Å². The number of rotatable bonds is 20. The lowest BCUT2D eigenvalue weighted by molar-refractivity contribution is -0.142. The van der Waals surface area contributed by atoms with E-state index in [2.05, 4.69) is 31.4 Å². The molecule has 8 heteroatoms. The molecule has 0 radical (unpaired) electrons. The van der Waals surface area contributed by atoms with E-state index in [0.29, 0.717) is 19.5 Å². The second-order valence-electron chi connectivity index (χ2n) is 9.04. The molecule has 184 valence electrons. The highest BCUT2D eigenvalue weighted by Gasteiger charge is 2.26. The molecule has 31 heavy (non-hydrogen) atoms. The number of nitrogens with one attached hydrogen (secondary N) is 2. The van der Waals surface area contributed by atoms with E-state index >= 15 is 0 Å². The summed E-state index contributed by atoms with van der Waals surface area (Å²) in [6, 6.07) is -1.16. The van der Waals surface area contributed by atoms with Crippen LogP contribution in [0.2, 0.25) is 0 Å². The molecule has 0 saturated heterocycles. The van der Waals surface area contributed by atoms with Crippen LogP contribution in [0.15, 0.2) is 0 Å². The number of hydrogen-bond donors (Lipinski definition) is 6. The SMILES string of the molecule is CCC(C)CC(C)CCCCCCCCC(=O)N[C@@H](CC(O)[C@@H](N)NCCN)C(=O)O. The largest absolute Gasteiger partial charge is 0.480 e. The first-order valence-corrected chi connectivity index (χ1v) is 12.1. The number of aliphatic hydroxyl groups excluding tert-OH is 1. The van der Waals surface area contributed by atoms with Gasteiger partial charge in [-0.25, -0.2) is 4.79 Å². The maximum absolute atomic E-state index is 12.1. The minimum absolute atomic E-state index is 0.157. The van der Waals surface area contributed by atoms with E-state index in [1.807, 2.05) is 0 Å². The summed E-state index contributed by atoms with van der Waals surface area (Å²) in [5.41, 5.74) is 11.1. The molecule has 1 amide bonds. The molecule has 0 aromatic carbocycles. The zero-order valence-corrected chi connectivity index (χ0v) is 19.9. The minimum Gasteiger partial charge on any atom is -0.480 e. The topological polar surface area (TPSA) is 151 Å². The summed E-state index contributed by atoms with van der Waals surface area (Å²) in [5.74, 6) is 0.128. The number of carbonyl (C=O) groups is 2. The lowest BCUT2D eigenvalue weighted by Crippen LogP contribution is -2.52. The smallest absolute Gasteiger partial charge is 0.326 e.